The van der Waals surface area contributed by atoms with Gasteiger partial charge in [0.2, 0.25) is 0 Å². The van der Waals surface area contributed by atoms with E-state index in [9.17, 15) is 0 Å². The van der Waals surface area contributed by atoms with Gasteiger partial charge in [-0.25, -0.2) is 0 Å². The van der Waals surface area contributed by atoms with E-state index in [4.69, 9.17) is 4.42 Å². The third kappa shape index (κ3) is 5.21. The summed E-state index contributed by atoms with van der Waals surface area (Å²) in [7, 11) is 0. The normalized spacial score (nSPS) is 11.5. The maximum absolute atomic E-state index is 6.50. The molecule has 0 bridgehead atoms. The lowest BCUT2D eigenvalue weighted by atomic mass is 9.94. The summed E-state index contributed by atoms with van der Waals surface area (Å²) in [5.74, 6) is 0. The van der Waals surface area contributed by atoms with Crippen molar-refractivity contribution in [1.29, 1.82) is 0 Å². The smallest absolute Gasteiger partial charge is 0.136 e. The molecule has 2 heteroatoms. The number of fused-ring (bicyclic) bond motifs is 5. The minimum Gasteiger partial charge on any atom is -0.456 e. The molecule has 0 radical (unpaired) electrons. The van der Waals surface area contributed by atoms with E-state index >= 15 is 0 Å². The zero-order valence-corrected chi connectivity index (χ0v) is 28.4. The minimum absolute atomic E-state index is 0.874. The van der Waals surface area contributed by atoms with Crippen LogP contribution in [0.15, 0.2) is 205 Å². The zero-order valence-electron chi connectivity index (χ0n) is 28.4. The Labute approximate surface area is 302 Å². The second-order valence-corrected chi connectivity index (χ2v) is 13.4. The molecule has 0 aliphatic carbocycles. The summed E-state index contributed by atoms with van der Waals surface area (Å²) >= 11 is 0. The third-order valence-corrected chi connectivity index (χ3v) is 10.2. The summed E-state index contributed by atoms with van der Waals surface area (Å²) in [5, 5.41) is 7.03. The van der Waals surface area contributed by atoms with Gasteiger partial charge in [0.15, 0.2) is 0 Å². The predicted molar refractivity (Wildman–Crippen MR) is 220 cm³/mol. The first kappa shape index (κ1) is 30.0. The average molecular weight is 664 g/mol. The van der Waals surface area contributed by atoms with Crippen molar-refractivity contribution >= 4 is 60.5 Å². The molecule has 0 spiro atoms. The standard InChI is InChI=1S/C50H33NO/c1-3-11-34(12-4-1)37-23-26-43(27-24-37)51(44-28-25-40-31-39(20-21-41(40)33-44)35-13-5-2-6-14-35)46-29-30-48-50(45-17-9-10-18-47(45)52-48)49(46)42-22-19-36-15-7-8-16-38(36)32-42/h1-33H. The van der Waals surface area contributed by atoms with Crippen LogP contribution in [0.25, 0.3) is 76.9 Å². The van der Waals surface area contributed by atoms with Crippen molar-refractivity contribution in [1.82, 2.24) is 0 Å². The number of rotatable bonds is 6. The molecule has 0 fully saturated rings. The molecule has 10 aromatic rings. The molecular weight excluding hydrogens is 631 g/mol. The van der Waals surface area contributed by atoms with Crippen molar-refractivity contribution in [3.8, 4) is 33.4 Å². The molecular formula is C50H33NO. The first-order chi connectivity index (χ1) is 25.8. The molecule has 244 valence electrons. The summed E-state index contributed by atoms with van der Waals surface area (Å²) in [6.07, 6.45) is 0. The number of para-hydroxylation sites is 1. The molecule has 0 N–H and O–H groups in total. The quantitative estimate of drug-likeness (QED) is 0.176. The van der Waals surface area contributed by atoms with Crippen molar-refractivity contribution < 1.29 is 4.42 Å². The molecule has 2 nitrogen and oxygen atoms in total. The largest absolute Gasteiger partial charge is 0.456 e. The minimum atomic E-state index is 0.874. The molecule has 1 aromatic heterocycles. The van der Waals surface area contributed by atoms with Gasteiger partial charge >= 0.3 is 0 Å². The van der Waals surface area contributed by atoms with Gasteiger partial charge in [0, 0.05) is 27.7 Å². The van der Waals surface area contributed by atoms with E-state index in [-0.39, 0.29) is 0 Å². The maximum Gasteiger partial charge on any atom is 0.136 e. The molecule has 1 heterocycles. The van der Waals surface area contributed by atoms with Crippen LogP contribution in [0.3, 0.4) is 0 Å². The highest BCUT2D eigenvalue weighted by atomic mass is 16.3. The molecule has 10 rings (SSSR count). The molecule has 0 amide bonds. The van der Waals surface area contributed by atoms with Crippen LogP contribution in [-0.2, 0) is 0 Å². The van der Waals surface area contributed by atoms with Crippen molar-refractivity contribution in [2.45, 2.75) is 0 Å². The van der Waals surface area contributed by atoms with E-state index in [2.05, 4.69) is 199 Å². The highest BCUT2D eigenvalue weighted by molar-refractivity contribution is 6.17. The van der Waals surface area contributed by atoms with Crippen LogP contribution in [0.4, 0.5) is 17.1 Å². The lowest BCUT2D eigenvalue weighted by molar-refractivity contribution is 0.669. The topological polar surface area (TPSA) is 16.4 Å². The van der Waals surface area contributed by atoms with Crippen LogP contribution in [0.2, 0.25) is 0 Å². The van der Waals surface area contributed by atoms with Gasteiger partial charge in [-0.1, -0.05) is 146 Å². The molecule has 0 unspecified atom stereocenters. The van der Waals surface area contributed by atoms with Crippen molar-refractivity contribution in [3.05, 3.63) is 200 Å². The molecule has 9 aromatic carbocycles. The third-order valence-electron chi connectivity index (χ3n) is 10.2. The Bertz CT molecular complexity index is 2890. The van der Waals surface area contributed by atoms with Gasteiger partial charge in [-0.15, -0.1) is 0 Å². The first-order valence-electron chi connectivity index (χ1n) is 17.8. The van der Waals surface area contributed by atoms with Crippen LogP contribution >= 0.6 is 0 Å². The van der Waals surface area contributed by atoms with Crippen LogP contribution in [0.1, 0.15) is 0 Å². The van der Waals surface area contributed by atoms with Crippen LogP contribution < -0.4 is 4.90 Å². The first-order valence-corrected chi connectivity index (χ1v) is 17.8. The number of hydrogen-bond acceptors (Lipinski definition) is 2. The average Bonchev–Trinajstić information content (AvgIpc) is 3.60. The van der Waals surface area contributed by atoms with E-state index in [0.29, 0.717) is 0 Å². The number of anilines is 3. The summed E-state index contributed by atoms with van der Waals surface area (Å²) < 4.78 is 6.50. The highest BCUT2D eigenvalue weighted by Gasteiger charge is 2.23. The van der Waals surface area contributed by atoms with E-state index in [1.807, 2.05) is 6.07 Å². The molecule has 0 saturated heterocycles. The zero-order chi connectivity index (χ0) is 34.4. The SMILES string of the molecule is c1ccc(-c2ccc(N(c3ccc4cc(-c5ccccc5)ccc4c3)c3ccc4oc5ccccc5c4c3-c3ccc4ccccc4c3)cc2)cc1. The van der Waals surface area contributed by atoms with Crippen LogP contribution in [-0.4, -0.2) is 0 Å². The van der Waals surface area contributed by atoms with E-state index in [0.717, 1.165) is 50.1 Å². The van der Waals surface area contributed by atoms with Crippen molar-refractivity contribution in [2.75, 3.05) is 4.90 Å². The van der Waals surface area contributed by atoms with Crippen LogP contribution in [0, 0.1) is 0 Å². The van der Waals surface area contributed by atoms with Crippen molar-refractivity contribution in [2.24, 2.45) is 0 Å². The Kier molecular flexibility index (Phi) is 7.18. The Balaban J connectivity index is 1.22. The van der Waals surface area contributed by atoms with E-state index < -0.39 is 0 Å². The number of hydrogen-bond donors (Lipinski definition) is 0. The molecule has 0 aliphatic heterocycles. The predicted octanol–water partition coefficient (Wildman–Crippen LogP) is 14.4. The Morgan fingerprint density at radius 3 is 1.67 bits per heavy atom. The summed E-state index contributed by atoms with van der Waals surface area (Å²) in [6.45, 7) is 0. The molecule has 0 aliphatic rings. The van der Waals surface area contributed by atoms with Gasteiger partial charge in [0.1, 0.15) is 11.2 Å². The van der Waals surface area contributed by atoms with Gasteiger partial charge in [-0.2, -0.15) is 0 Å². The van der Waals surface area contributed by atoms with E-state index in [1.165, 1.54) is 43.8 Å². The maximum atomic E-state index is 6.50. The second kappa shape index (κ2) is 12.5. The van der Waals surface area contributed by atoms with Gasteiger partial charge in [-0.05, 0) is 104 Å². The Morgan fingerprint density at radius 1 is 0.327 bits per heavy atom. The number of benzene rings is 9. The molecule has 52 heavy (non-hydrogen) atoms. The van der Waals surface area contributed by atoms with Gasteiger partial charge in [-0.3, -0.25) is 0 Å². The fourth-order valence-electron chi connectivity index (χ4n) is 7.67. The van der Waals surface area contributed by atoms with Gasteiger partial charge < -0.3 is 9.32 Å². The Hall–Kier alpha value is -6.90. The molecule has 0 saturated carbocycles. The fourth-order valence-corrected chi connectivity index (χ4v) is 7.67. The van der Waals surface area contributed by atoms with E-state index in [1.54, 1.807) is 0 Å². The summed E-state index contributed by atoms with van der Waals surface area (Å²) in [5.41, 5.74) is 12.1. The summed E-state index contributed by atoms with van der Waals surface area (Å²) in [6, 6.07) is 71.8. The van der Waals surface area contributed by atoms with Crippen LogP contribution in [0.5, 0.6) is 0 Å². The second-order valence-electron chi connectivity index (χ2n) is 13.4. The number of furan rings is 1. The fraction of sp³-hybridized carbons (Fsp3) is 0. The number of nitrogens with zero attached hydrogens (tertiary/aromatic N) is 1. The molecule has 0 atom stereocenters. The lowest BCUT2D eigenvalue weighted by Gasteiger charge is -2.29. The summed E-state index contributed by atoms with van der Waals surface area (Å²) in [4.78, 5) is 2.41. The van der Waals surface area contributed by atoms with Crippen molar-refractivity contribution in [3.63, 3.8) is 0 Å². The lowest BCUT2D eigenvalue weighted by Crippen LogP contribution is -2.11. The monoisotopic (exact) mass is 663 g/mol. The highest BCUT2D eigenvalue weighted by Crippen LogP contribution is 2.48. The van der Waals surface area contributed by atoms with Gasteiger partial charge in [0.05, 0.1) is 5.69 Å². The van der Waals surface area contributed by atoms with Gasteiger partial charge in [0.25, 0.3) is 0 Å². The Morgan fingerprint density at radius 2 is 0.865 bits per heavy atom.